The standard InChI is InChI=1S/C25H20N4O3S/c1-29-17-23(20-14-8-9-15-22(20)29)33(30,31)28-25-26-21(18-10-4-2-5-11-18)16-24(27-25)32-19-12-6-3-7-13-19/h2-17H,1H3,(H,26,27,28). The van der Waals surface area contributed by atoms with E-state index in [0.29, 0.717) is 16.8 Å². The highest BCUT2D eigenvalue weighted by atomic mass is 32.2. The number of benzene rings is 3. The molecule has 0 aliphatic heterocycles. The summed E-state index contributed by atoms with van der Waals surface area (Å²) < 4.78 is 36.8. The fourth-order valence-electron chi connectivity index (χ4n) is 3.58. The molecule has 1 N–H and O–H groups in total. The molecule has 0 amide bonds. The van der Waals surface area contributed by atoms with Gasteiger partial charge in [-0.05, 0) is 18.2 Å². The van der Waals surface area contributed by atoms with Gasteiger partial charge in [0.2, 0.25) is 11.8 Å². The largest absolute Gasteiger partial charge is 0.439 e. The molecule has 8 heteroatoms. The Labute approximate surface area is 191 Å². The lowest BCUT2D eigenvalue weighted by Gasteiger charge is -2.11. The first-order valence-corrected chi connectivity index (χ1v) is 11.7. The van der Waals surface area contributed by atoms with Crippen LogP contribution in [0.25, 0.3) is 22.2 Å². The lowest BCUT2D eigenvalue weighted by Crippen LogP contribution is -2.15. The zero-order valence-electron chi connectivity index (χ0n) is 17.7. The van der Waals surface area contributed by atoms with E-state index < -0.39 is 10.0 Å². The van der Waals surface area contributed by atoms with E-state index in [-0.39, 0.29) is 16.7 Å². The summed E-state index contributed by atoms with van der Waals surface area (Å²) in [6, 6.07) is 27.6. The number of fused-ring (bicyclic) bond motifs is 1. The maximum absolute atomic E-state index is 13.3. The molecule has 3 aromatic carbocycles. The van der Waals surface area contributed by atoms with Crippen LogP contribution in [0, 0.1) is 0 Å². The summed E-state index contributed by atoms with van der Waals surface area (Å²) in [6.45, 7) is 0. The van der Waals surface area contributed by atoms with E-state index in [1.165, 1.54) is 0 Å². The molecule has 33 heavy (non-hydrogen) atoms. The third-order valence-electron chi connectivity index (χ3n) is 5.11. The van der Waals surface area contributed by atoms with Crippen molar-refractivity contribution in [1.82, 2.24) is 14.5 Å². The maximum Gasteiger partial charge on any atom is 0.266 e. The fourth-order valence-corrected chi connectivity index (χ4v) is 4.78. The maximum atomic E-state index is 13.3. The first kappa shape index (κ1) is 20.7. The Balaban J connectivity index is 1.57. The first-order valence-electron chi connectivity index (χ1n) is 10.2. The number of ether oxygens (including phenoxy) is 1. The summed E-state index contributed by atoms with van der Waals surface area (Å²) in [7, 11) is -2.15. The fraction of sp³-hybridized carbons (Fsp3) is 0.0400. The molecule has 2 heterocycles. The van der Waals surface area contributed by atoms with Crippen LogP contribution in [0.5, 0.6) is 11.6 Å². The minimum Gasteiger partial charge on any atom is -0.439 e. The SMILES string of the molecule is Cn1cc(S(=O)(=O)Nc2nc(Oc3ccccc3)cc(-c3ccccc3)n2)c2ccccc21. The quantitative estimate of drug-likeness (QED) is 0.378. The van der Waals surface area contributed by atoms with Gasteiger partial charge in [-0.1, -0.05) is 66.7 Å². The Morgan fingerprint density at radius 2 is 1.52 bits per heavy atom. The van der Waals surface area contributed by atoms with Crippen molar-refractivity contribution in [2.45, 2.75) is 4.90 Å². The summed E-state index contributed by atoms with van der Waals surface area (Å²) in [6.07, 6.45) is 1.58. The highest BCUT2D eigenvalue weighted by Crippen LogP contribution is 2.29. The third kappa shape index (κ3) is 4.28. The Hall–Kier alpha value is -4.17. The number of anilines is 1. The van der Waals surface area contributed by atoms with E-state index in [1.807, 2.05) is 60.7 Å². The number of rotatable bonds is 6. The molecule has 5 rings (SSSR count). The molecule has 0 spiro atoms. The summed E-state index contributed by atoms with van der Waals surface area (Å²) in [5.74, 6) is 0.735. The predicted octanol–water partition coefficient (Wildman–Crippen LogP) is 5.23. The second-order valence-corrected chi connectivity index (χ2v) is 9.07. The van der Waals surface area contributed by atoms with E-state index >= 15 is 0 Å². The minimum absolute atomic E-state index is 0.0739. The summed E-state index contributed by atoms with van der Waals surface area (Å²) in [5.41, 5.74) is 2.15. The van der Waals surface area contributed by atoms with Crippen LogP contribution in [-0.2, 0) is 17.1 Å². The van der Waals surface area contributed by atoms with Gasteiger partial charge in [-0.3, -0.25) is 0 Å². The van der Waals surface area contributed by atoms with Gasteiger partial charge in [0, 0.05) is 35.8 Å². The van der Waals surface area contributed by atoms with Gasteiger partial charge < -0.3 is 9.30 Å². The number of hydrogen-bond donors (Lipinski definition) is 1. The molecule has 5 aromatic rings. The van der Waals surface area contributed by atoms with Crippen molar-refractivity contribution in [2.24, 2.45) is 7.05 Å². The van der Waals surface area contributed by atoms with Gasteiger partial charge in [0.05, 0.1) is 5.69 Å². The highest BCUT2D eigenvalue weighted by molar-refractivity contribution is 7.93. The number of hydrogen-bond acceptors (Lipinski definition) is 5. The number of nitrogens with zero attached hydrogens (tertiary/aromatic N) is 3. The monoisotopic (exact) mass is 456 g/mol. The molecule has 0 aliphatic rings. The van der Waals surface area contributed by atoms with Crippen LogP contribution in [-0.4, -0.2) is 23.0 Å². The Kier molecular flexibility index (Phi) is 5.27. The van der Waals surface area contributed by atoms with Crippen LogP contribution in [0.2, 0.25) is 0 Å². The van der Waals surface area contributed by atoms with Crippen LogP contribution < -0.4 is 9.46 Å². The predicted molar refractivity (Wildman–Crippen MR) is 128 cm³/mol. The van der Waals surface area contributed by atoms with E-state index in [1.54, 1.807) is 48.1 Å². The van der Waals surface area contributed by atoms with Crippen molar-refractivity contribution in [2.75, 3.05) is 4.72 Å². The second-order valence-electron chi connectivity index (χ2n) is 7.42. The number of para-hydroxylation sites is 2. The van der Waals surface area contributed by atoms with Crippen LogP contribution >= 0.6 is 0 Å². The first-order chi connectivity index (χ1) is 16.0. The Morgan fingerprint density at radius 1 is 0.848 bits per heavy atom. The lowest BCUT2D eigenvalue weighted by atomic mass is 10.1. The van der Waals surface area contributed by atoms with Crippen molar-refractivity contribution in [3.8, 4) is 22.9 Å². The number of sulfonamides is 1. The smallest absolute Gasteiger partial charge is 0.266 e. The van der Waals surface area contributed by atoms with Crippen molar-refractivity contribution in [3.05, 3.63) is 97.2 Å². The molecule has 2 aromatic heterocycles. The van der Waals surface area contributed by atoms with Gasteiger partial charge in [0.1, 0.15) is 10.6 Å². The van der Waals surface area contributed by atoms with E-state index in [9.17, 15) is 8.42 Å². The van der Waals surface area contributed by atoms with Crippen molar-refractivity contribution in [3.63, 3.8) is 0 Å². The molecule has 0 radical (unpaired) electrons. The Bertz CT molecular complexity index is 1530. The zero-order chi connectivity index (χ0) is 22.8. The van der Waals surface area contributed by atoms with Gasteiger partial charge in [0.25, 0.3) is 10.0 Å². The second kappa shape index (κ2) is 8.40. The van der Waals surface area contributed by atoms with Crippen LogP contribution in [0.15, 0.2) is 102 Å². The van der Waals surface area contributed by atoms with Crippen LogP contribution in [0.3, 0.4) is 0 Å². The van der Waals surface area contributed by atoms with Crippen molar-refractivity contribution >= 4 is 26.9 Å². The molecular weight excluding hydrogens is 436 g/mol. The normalized spacial score (nSPS) is 11.4. The molecule has 164 valence electrons. The Morgan fingerprint density at radius 3 is 2.27 bits per heavy atom. The topological polar surface area (TPSA) is 86.1 Å². The molecule has 7 nitrogen and oxygen atoms in total. The van der Waals surface area contributed by atoms with E-state index in [0.717, 1.165) is 11.1 Å². The van der Waals surface area contributed by atoms with Crippen molar-refractivity contribution < 1.29 is 13.2 Å². The van der Waals surface area contributed by atoms with Gasteiger partial charge in [-0.2, -0.15) is 4.98 Å². The molecule has 0 saturated heterocycles. The van der Waals surface area contributed by atoms with Gasteiger partial charge in [-0.25, -0.2) is 18.1 Å². The van der Waals surface area contributed by atoms with E-state index in [4.69, 9.17) is 4.74 Å². The van der Waals surface area contributed by atoms with Gasteiger partial charge in [0.15, 0.2) is 0 Å². The molecule has 0 saturated carbocycles. The molecular formula is C25H20N4O3S. The third-order valence-corrected chi connectivity index (χ3v) is 6.47. The van der Waals surface area contributed by atoms with Crippen molar-refractivity contribution in [1.29, 1.82) is 0 Å². The van der Waals surface area contributed by atoms with Crippen LogP contribution in [0.1, 0.15) is 0 Å². The van der Waals surface area contributed by atoms with E-state index in [2.05, 4.69) is 14.7 Å². The number of aryl methyl sites for hydroxylation is 1. The summed E-state index contributed by atoms with van der Waals surface area (Å²) in [5, 5.41) is 0.618. The average Bonchev–Trinajstić information content (AvgIpc) is 3.18. The highest BCUT2D eigenvalue weighted by Gasteiger charge is 2.22. The summed E-state index contributed by atoms with van der Waals surface area (Å²) in [4.78, 5) is 8.93. The number of aromatic nitrogens is 3. The molecule has 0 bridgehead atoms. The molecule has 0 fully saturated rings. The molecule has 0 unspecified atom stereocenters. The van der Waals surface area contributed by atoms with Gasteiger partial charge >= 0.3 is 0 Å². The van der Waals surface area contributed by atoms with Gasteiger partial charge in [-0.15, -0.1) is 0 Å². The van der Waals surface area contributed by atoms with Crippen LogP contribution in [0.4, 0.5) is 5.95 Å². The number of nitrogens with one attached hydrogen (secondary N) is 1. The minimum atomic E-state index is -3.96. The summed E-state index contributed by atoms with van der Waals surface area (Å²) >= 11 is 0. The zero-order valence-corrected chi connectivity index (χ0v) is 18.5. The average molecular weight is 457 g/mol. The molecule has 0 aliphatic carbocycles. The lowest BCUT2D eigenvalue weighted by molar-refractivity contribution is 0.463. The molecule has 0 atom stereocenters.